The lowest BCUT2D eigenvalue weighted by atomic mass is 9.95. The molecular weight excluding hydrogens is 252 g/mol. The summed E-state index contributed by atoms with van der Waals surface area (Å²) in [7, 11) is 0. The van der Waals surface area contributed by atoms with Gasteiger partial charge >= 0.3 is 0 Å². The van der Waals surface area contributed by atoms with Crippen LogP contribution in [0.5, 0.6) is 0 Å². The van der Waals surface area contributed by atoms with Gasteiger partial charge in [0, 0.05) is 18.3 Å². The molecule has 2 aromatic rings. The molecule has 1 aromatic heterocycles. The van der Waals surface area contributed by atoms with Crippen LogP contribution in [0.15, 0.2) is 40.9 Å². The zero-order valence-corrected chi connectivity index (χ0v) is 12.4. The lowest BCUT2D eigenvalue weighted by molar-refractivity contribution is 0.0969. The van der Waals surface area contributed by atoms with Gasteiger partial charge in [-0.05, 0) is 24.5 Å². The van der Waals surface area contributed by atoms with Gasteiger partial charge in [0.25, 0.3) is 5.91 Å². The minimum absolute atomic E-state index is 0.00964. The number of hydrogen-bond donors (Lipinski definition) is 0. The van der Waals surface area contributed by atoms with Gasteiger partial charge in [-0.25, -0.2) is 0 Å². The first-order valence-corrected chi connectivity index (χ1v) is 6.67. The van der Waals surface area contributed by atoms with Gasteiger partial charge in [0.1, 0.15) is 5.76 Å². The average Bonchev–Trinajstić information content (AvgIpc) is 2.82. The van der Waals surface area contributed by atoms with E-state index in [-0.39, 0.29) is 11.3 Å². The van der Waals surface area contributed by atoms with Gasteiger partial charge in [-0.15, -0.1) is 0 Å². The van der Waals surface area contributed by atoms with Gasteiger partial charge in [-0.3, -0.25) is 4.79 Å². The van der Waals surface area contributed by atoms with Gasteiger partial charge in [0.05, 0.1) is 0 Å². The maximum atomic E-state index is 12.6. The van der Waals surface area contributed by atoms with Crippen LogP contribution < -0.4 is 4.90 Å². The molecule has 4 nitrogen and oxygen atoms in total. The highest BCUT2D eigenvalue weighted by atomic mass is 16.5. The number of carbonyl (C=O) groups is 1. The molecule has 0 aliphatic rings. The molecule has 1 aromatic carbocycles. The number of aromatic nitrogens is 1. The Balaban J connectivity index is 2.34. The van der Waals surface area contributed by atoms with E-state index in [0.29, 0.717) is 18.0 Å². The van der Waals surface area contributed by atoms with Crippen LogP contribution in [0.1, 0.15) is 37.0 Å². The second-order valence-electron chi connectivity index (χ2n) is 6.11. The molecule has 0 saturated carbocycles. The maximum absolute atomic E-state index is 12.6. The second kappa shape index (κ2) is 5.49. The number of amides is 1. The van der Waals surface area contributed by atoms with E-state index < -0.39 is 0 Å². The highest BCUT2D eigenvalue weighted by Gasteiger charge is 2.25. The molecule has 4 heteroatoms. The van der Waals surface area contributed by atoms with Crippen molar-refractivity contribution >= 4 is 11.6 Å². The van der Waals surface area contributed by atoms with E-state index in [1.165, 1.54) is 0 Å². The Morgan fingerprint density at radius 3 is 2.40 bits per heavy atom. The average molecular weight is 272 g/mol. The van der Waals surface area contributed by atoms with Crippen LogP contribution in [0.4, 0.5) is 5.69 Å². The predicted molar refractivity (Wildman–Crippen MR) is 78.8 cm³/mol. The summed E-state index contributed by atoms with van der Waals surface area (Å²) in [5, 5.41) is 3.83. The largest absolute Gasteiger partial charge is 0.361 e. The predicted octanol–water partition coefficient (Wildman–Crippen LogP) is 3.68. The number of anilines is 1. The minimum atomic E-state index is -0.136. The van der Waals surface area contributed by atoms with Gasteiger partial charge in [0.15, 0.2) is 5.69 Å². The van der Waals surface area contributed by atoms with Crippen molar-refractivity contribution in [2.45, 2.75) is 27.7 Å². The smallest absolute Gasteiger partial charge is 0.280 e. The molecule has 0 spiro atoms. The third-order valence-corrected chi connectivity index (χ3v) is 2.79. The first kappa shape index (κ1) is 14.3. The fourth-order valence-electron chi connectivity index (χ4n) is 1.97. The molecule has 0 N–H and O–H groups in total. The van der Waals surface area contributed by atoms with Gasteiger partial charge in [-0.1, -0.05) is 44.1 Å². The Bertz CT molecular complexity index is 582. The number of hydrogen-bond acceptors (Lipinski definition) is 3. The SMILES string of the molecule is Cc1cc(C(=O)N(CC(C)(C)C)c2ccccc2)no1. The summed E-state index contributed by atoms with van der Waals surface area (Å²) in [6.45, 7) is 8.70. The normalized spacial score (nSPS) is 11.4. The fourth-order valence-corrected chi connectivity index (χ4v) is 1.97. The topological polar surface area (TPSA) is 46.3 Å². The molecular formula is C16H20N2O2. The van der Waals surface area contributed by atoms with Crippen LogP contribution >= 0.6 is 0 Å². The third kappa shape index (κ3) is 3.47. The van der Waals surface area contributed by atoms with Crippen molar-refractivity contribution in [2.75, 3.05) is 11.4 Å². The van der Waals surface area contributed by atoms with E-state index in [2.05, 4.69) is 25.9 Å². The Morgan fingerprint density at radius 1 is 1.25 bits per heavy atom. The summed E-state index contributed by atoms with van der Waals surface area (Å²) in [5.74, 6) is 0.500. The molecule has 0 radical (unpaired) electrons. The summed E-state index contributed by atoms with van der Waals surface area (Å²) < 4.78 is 5.00. The maximum Gasteiger partial charge on any atom is 0.280 e. The number of benzene rings is 1. The molecule has 0 unspecified atom stereocenters. The van der Waals surface area contributed by atoms with Gasteiger partial charge in [-0.2, -0.15) is 0 Å². The first-order chi connectivity index (χ1) is 9.37. The van der Waals surface area contributed by atoms with E-state index in [4.69, 9.17) is 4.52 Å². The van der Waals surface area contributed by atoms with Crippen molar-refractivity contribution in [1.29, 1.82) is 0 Å². The number of rotatable bonds is 3. The van der Waals surface area contributed by atoms with Crippen molar-refractivity contribution in [3.05, 3.63) is 47.9 Å². The van der Waals surface area contributed by atoms with Crippen molar-refractivity contribution < 1.29 is 9.32 Å². The standard InChI is InChI=1S/C16H20N2O2/c1-12-10-14(17-20-12)15(19)18(11-16(2,3)4)13-8-6-5-7-9-13/h5-10H,11H2,1-4H3. The molecule has 0 fully saturated rings. The van der Waals surface area contributed by atoms with E-state index in [1.54, 1.807) is 17.9 Å². The van der Waals surface area contributed by atoms with E-state index in [9.17, 15) is 4.79 Å². The summed E-state index contributed by atoms with van der Waals surface area (Å²) in [6, 6.07) is 11.3. The quantitative estimate of drug-likeness (QED) is 0.856. The monoisotopic (exact) mass is 272 g/mol. The van der Waals surface area contributed by atoms with Crippen LogP contribution in [0.2, 0.25) is 0 Å². The number of carbonyl (C=O) groups excluding carboxylic acids is 1. The summed E-state index contributed by atoms with van der Waals surface area (Å²) in [6.07, 6.45) is 0. The Morgan fingerprint density at radius 2 is 1.90 bits per heavy atom. The zero-order chi connectivity index (χ0) is 14.8. The molecule has 0 aliphatic carbocycles. The van der Waals surface area contributed by atoms with E-state index in [1.807, 2.05) is 30.3 Å². The van der Waals surface area contributed by atoms with Gasteiger partial charge in [0.2, 0.25) is 0 Å². The minimum Gasteiger partial charge on any atom is -0.361 e. The lowest BCUT2D eigenvalue weighted by Crippen LogP contribution is -2.38. The number of aryl methyl sites for hydroxylation is 1. The molecule has 0 atom stereocenters. The Kier molecular flexibility index (Phi) is 3.93. The Labute approximate surface area is 119 Å². The van der Waals surface area contributed by atoms with Crippen LogP contribution in [0.25, 0.3) is 0 Å². The van der Waals surface area contributed by atoms with Crippen molar-refractivity contribution in [1.82, 2.24) is 5.16 Å². The third-order valence-electron chi connectivity index (χ3n) is 2.79. The van der Waals surface area contributed by atoms with Crippen LogP contribution in [-0.4, -0.2) is 17.6 Å². The molecule has 2 rings (SSSR count). The molecule has 0 aliphatic heterocycles. The lowest BCUT2D eigenvalue weighted by Gasteiger charge is -2.29. The van der Waals surface area contributed by atoms with Crippen molar-refractivity contribution in [2.24, 2.45) is 5.41 Å². The second-order valence-corrected chi connectivity index (χ2v) is 6.11. The van der Waals surface area contributed by atoms with Crippen molar-refractivity contribution in [3.63, 3.8) is 0 Å². The summed E-state index contributed by atoms with van der Waals surface area (Å²) in [4.78, 5) is 14.4. The molecule has 1 heterocycles. The molecule has 0 saturated heterocycles. The van der Waals surface area contributed by atoms with Gasteiger partial charge < -0.3 is 9.42 Å². The highest BCUT2D eigenvalue weighted by Crippen LogP contribution is 2.23. The highest BCUT2D eigenvalue weighted by molar-refractivity contribution is 6.04. The zero-order valence-electron chi connectivity index (χ0n) is 12.4. The fraction of sp³-hybridized carbons (Fsp3) is 0.375. The molecule has 20 heavy (non-hydrogen) atoms. The van der Waals surface area contributed by atoms with Crippen LogP contribution in [0.3, 0.4) is 0 Å². The Hall–Kier alpha value is -2.10. The molecule has 1 amide bonds. The summed E-state index contributed by atoms with van der Waals surface area (Å²) in [5.41, 5.74) is 1.20. The van der Waals surface area contributed by atoms with Crippen molar-refractivity contribution in [3.8, 4) is 0 Å². The van der Waals surface area contributed by atoms with E-state index >= 15 is 0 Å². The molecule has 0 bridgehead atoms. The van der Waals surface area contributed by atoms with E-state index in [0.717, 1.165) is 5.69 Å². The first-order valence-electron chi connectivity index (χ1n) is 6.67. The summed E-state index contributed by atoms with van der Waals surface area (Å²) >= 11 is 0. The van der Waals surface area contributed by atoms with Crippen LogP contribution in [0, 0.1) is 12.3 Å². The number of para-hydroxylation sites is 1. The van der Waals surface area contributed by atoms with Crippen LogP contribution in [-0.2, 0) is 0 Å². The molecule has 106 valence electrons. The number of nitrogens with zero attached hydrogens (tertiary/aromatic N) is 2.